The molecule has 0 bridgehead atoms. The Kier molecular flexibility index (Phi) is 1.38. The number of nitrogens with two attached hydrogens (primary N) is 1. The molecule has 0 amide bonds. The van der Waals surface area contributed by atoms with Crippen molar-refractivity contribution in [2.24, 2.45) is 5.73 Å². The molecular formula is C12H14N2. The molecule has 72 valence electrons. The van der Waals surface area contributed by atoms with Gasteiger partial charge in [-0.15, -0.1) is 0 Å². The van der Waals surface area contributed by atoms with Crippen LogP contribution in [0, 0.1) is 6.92 Å². The maximum atomic E-state index is 6.20. The van der Waals surface area contributed by atoms with Gasteiger partial charge in [0.15, 0.2) is 0 Å². The molecule has 0 saturated heterocycles. The Morgan fingerprint density at radius 2 is 2.14 bits per heavy atom. The zero-order valence-corrected chi connectivity index (χ0v) is 8.30. The third-order valence-corrected chi connectivity index (χ3v) is 3.16. The number of aryl methyl sites for hydroxylation is 1. The highest BCUT2D eigenvalue weighted by atomic mass is 14.8. The van der Waals surface area contributed by atoms with E-state index in [-0.39, 0.29) is 5.54 Å². The molecule has 2 nitrogen and oxygen atoms in total. The van der Waals surface area contributed by atoms with Gasteiger partial charge in [0, 0.05) is 22.6 Å². The molecule has 2 aromatic rings. The number of fused-ring (bicyclic) bond motifs is 1. The van der Waals surface area contributed by atoms with Crippen LogP contribution in [0.15, 0.2) is 24.4 Å². The van der Waals surface area contributed by atoms with E-state index in [1.54, 1.807) is 0 Å². The van der Waals surface area contributed by atoms with Gasteiger partial charge in [0.25, 0.3) is 0 Å². The summed E-state index contributed by atoms with van der Waals surface area (Å²) in [6, 6.07) is 6.49. The summed E-state index contributed by atoms with van der Waals surface area (Å²) in [5.41, 5.74) is 9.94. The molecule has 14 heavy (non-hydrogen) atoms. The topological polar surface area (TPSA) is 41.8 Å². The second kappa shape index (κ2) is 2.39. The van der Waals surface area contributed by atoms with Crippen molar-refractivity contribution in [1.82, 2.24) is 4.98 Å². The molecule has 3 N–H and O–H groups in total. The average Bonchev–Trinajstić information content (AvgIpc) is 2.77. The number of aromatic amines is 1. The first-order valence-electron chi connectivity index (χ1n) is 5.06. The van der Waals surface area contributed by atoms with Crippen LogP contribution in [0.1, 0.15) is 24.0 Å². The highest BCUT2D eigenvalue weighted by Crippen LogP contribution is 2.45. The smallest absolute Gasteiger partial charge is 0.0460 e. The maximum absolute atomic E-state index is 6.20. The molecule has 0 atom stereocenters. The van der Waals surface area contributed by atoms with Gasteiger partial charge in [-0.3, -0.25) is 0 Å². The Balaban J connectivity index is 2.27. The van der Waals surface area contributed by atoms with Crippen LogP contribution in [0.25, 0.3) is 10.9 Å². The first-order chi connectivity index (χ1) is 6.69. The number of nitrogens with one attached hydrogen (secondary N) is 1. The molecule has 1 aromatic carbocycles. The SMILES string of the molecule is Cc1ccc2c(C3(N)CC3)c[nH]c2c1. The van der Waals surface area contributed by atoms with E-state index in [0.717, 1.165) is 12.8 Å². The third kappa shape index (κ3) is 1.01. The highest BCUT2D eigenvalue weighted by molar-refractivity contribution is 5.85. The molecule has 1 aromatic heterocycles. The van der Waals surface area contributed by atoms with Gasteiger partial charge in [0.05, 0.1) is 0 Å². The molecule has 0 radical (unpaired) electrons. The van der Waals surface area contributed by atoms with E-state index in [9.17, 15) is 0 Å². The fourth-order valence-electron chi connectivity index (χ4n) is 2.06. The van der Waals surface area contributed by atoms with E-state index in [1.807, 2.05) is 0 Å². The molecule has 0 spiro atoms. The monoisotopic (exact) mass is 186 g/mol. The highest BCUT2D eigenvalue weighted by Gasteiger charge is 2.41. The van der Waals surface area contributed by atoms with Crippen molar-refractivity contribution in [3.8, 4) is 0 Å². The predicted octanol–water partition coefficient (Wildman–Crippen LogP) is 2.42. The van der Waals surface area contributed by atoms with Gasteiger partial charge in [-0.25, -0.2) is 0 Å². The Morgan fingerprint density at radius 1 is 1.36 bits per heavy atom. The van der Waals surface area contributed by atoms with Gasteiger partial charge >= 0.3 is 0 Å². The van der Waals surface area contributed by atoms with E-state index in [2.05, 4.69) is 36.3 Å². The van der Waals surface area contributed by atoms with Crippen molar-refractivity contribution < 1.29 is 0 Å². The molecule has 1 aliphatic carbocycles. The minimum Gasteiger partial charge on any atom is -0.361 e. The van der Waals surface area contributed by atoms with Gasteiger partial charge in [0.2, 0.25) is 0 Å². The van der Waals surface area contributed by atoms with Crippen molar-refractivity contribution in [3.05, 3.63) is 35.5 Å². The summed E-state index contributed by atoms with van der Waals surface area (Å²) < 4.78 is 0. The summed E-state index contributed by atoms with van der Waals surface area (Å²) in [6.45, 7) is 2.11. The maximum Gasteiger partial charge on any atom is 0.0460 e. The number of benzene rings is 1. The van der Waals surface area contributed by atoms with Gasteiger partial charge in [-0.2, -0.15) is 0 Å². The summed E-state index contributed by atoms with van der Waals surface area (Å²) in [6.07, 6.45) is 4.30. The largest absolute Gasteiger partial charge is 0.361 e. The Hall–Kier alpha value is -1.28. The molecule has 0 unspecified atom stereocenters. The number of hydrogen-bond donors (Lipinski definition) is 2. The molecular weight excluding hydrogens is 172 g/mol. The summed E-state index contributed by atoms with van der Waals surface area (Å²) >= 11 is 0. The van der Waals surface area contributed by atoms with Crippen molar-refractivity contribution in [3.63, 3.8) is 0 Å². The number of hydrogen-bond acceptors (Lipinski definition) is 1. The molecule has 0 aliphatic heterocycles. The standard InChI is InChI=1S/C12H14N2/c1-8-2-3-9-10(12(13)4-5-12)7-14-11(9)6-8/h2-3,6-7,14H,4-5,13H2,1H3. The Bertz CT molecular complexity index is 492. The summed E-state index contributed by atoms with van der Waals surface area (Å²) in [5.74, 6) is 0. The van der Waals surface area contributed by atoms with Crippen LogP contribution in [0.5, 0.6) is 0 Å². The Labute approximate surface area is 83.1 Å². The average molecular weight is 186 g/mol. The third-order valence-electron chi connectivity index (χ3n) is 3.16. The van der Waals surface area contributed by atoms with Crippen LogP contribution >= 0.6 is 0 Å². The van der Waals surface area contributed by atoms with E-state index in [1.165, 1.54) is 22.0 Å². The molecule has 1 fully saturated rings. The number of rotatable bonds is 1. The second-order valence-corrected chi connectivity index (χ2v) is 4.41. The summed E-state index contributed by atoms with van der Waals surface area (Å²) in [4.78, 5) is 3.30. The van der Waals surface area contributed by atoms with E-state index >= 15 is 0 Å². The summed E-state index contributed by atoms with van der Waals surface area (Å²) in [7, 11) is 0. The Morgan fingerprint density at radius 3 is 2.86 bits per heavy atom. The predicted molar refractivity (Wildman–Crippen MR) is 58.1 cm³/mol. The fourth-order valence-corrected chi connectivity index (χ4v) is 2.06. The lowest BCUT2D eigenvalue weighted by molar-refractivity contribution is 0.747. The molecule has 1 aliphatic rings. The van der Waals surface area contributed by atoms with Crippen LogP contribution in [0.4, 0.5) is 0 Å². The van der Waals surface area contributed by atoms with Crippen molar-refractivity contribution in [2.75, 3.05) is 0 Å². The number of H-pyrrole nitrogens is 1. The first kappa shape index (κ1) is 8.06. The van der Waals surface area contributed by atoms with Crippen molar-refractivity contribution in [1.29, 1.82) is 0 Å². The second-order valence-electron chi connectivity index (χ2n) is 4.41. The lowest BCUT2D eigenvalue weighted by atomic mass is 10.0. The zero-order chi connectivity index (χ0) is 9.76. The lowest BCUT2D eigenvalue weighted by Crippen LogP contribution is -2.17. The molecule has 1 saturated carbocycles. The minimum absolute atomic E-state index is 0.0342. The van der Waals surface area contributed by atoms with E-state index in [0.29, 0.717) is 0 Å². The van der Waals surface area contributed by atoms with Crippen molar-refractivity contribution in [2.45, 2.75) is 25.3 Å². The molecule has 3 rings (SSSR count). The van der Waals surface area contributed by atoms with Crippen molar-refractivity contribution >= 4 is 10.9 Å². The van der Waals surface area contributed by atoms with Gasteiger partial charge in [0.1, 0.15) is 0 Å². The van der Waals surface area contributed by atoms with Crippen LogP contribution in [-0.4, -0.2) is 4.98 Å². The minimum atomic E-state index is -0.0342. The normalized spacial score (nSPS) is 18.7. The van der Waals surface area contributed by atoms with Crippen LogP contribution in [0.2, 0.25) is 0 Å². The van der Waals surface area contributed by atoms with E-state index < -0.39 is 0 Å². The molecule has 2 heteroatoms. The van der Waals surface area contributed by atoms with Gasteiger partial charge in [-0.1, -0.05) is 12.1 Å². The van der Waals surface area contributed by atoms with E-state index in [4.69, 9.17) is 5.73 Å². The van der Waals surface area contributed by atoms with Crippen LogP contribution in [0.3, 0.4) is 0 Å². The summed E-state index contributed by atoms with van der Waals surface area (Å²) in [5, 5.41) is 1.29. The quantitative estimate of drug-likeness (QED) is 0.705. The van der Waals surface area contributed by atoms with Crippen LogP contribution < -0.4 is 5.73 Å². The molecule has 1 heterocycles. The van der Waals surface area contributed by atoms with Crippen LogP contribution in [-0.2, 0) is 5.54 Å². The van der Waals surface area contributed by atoms with Gasteiger partial charge < -0.3 is 10.7 Å². The number of aromatic nitrogens is 1. The zero-order valence-electron chi connectivity index (χ0n) is 8.30. The van der Waals surface area contributed by atoms with Gasteiger partial charge in [-0.05, 0) is 37.0 Å². The first-order valence-corrected chi connectivity index (χ1v) is 5.06. The fraction of sp³-hybridized carbons (Fsp3) is 0.333. The lowest BCUT2D eigenvalue weighted by Gasteiger charge is -2.06.